The van der Waals surface area contributed by atoms with Crippen molar-refractivity contribution in [1.82, 2.24) is 15.0 Å². The first kappa shape index (κ1) is 15.7. The Balaban J connectivity index is 2.20. The van der Waals surface area contributed by atoms with Gasteiger partial charge < -0.3 is 24.8 Å². The van der Waals surface area contributed by atoms with Crippen molar-refractivity contribution in [2.45, 2.75) is 32.5 Å². The predicted molar refractivity (Wildman–Crippen MR) is 78.8 cm³/mol. The molecule has 1 aromatic rings. The molecule has 0 bridgehead atoms. The van der Waals surface area contributed by atoms with E-state index in [9.17, 15) is 5.11 Å². The summed E-state index contributed by atoms with van der Waals surface area (Å²) in [5.41, 5.74) is 0. The Morgan fingerprint density at radius 3 is 2.86 bits per heavy atom. The fourth-order valence-electron chi connectivity index (χ4n) is 2.20. The van der Waals surface area contributed by atoms with Crippen molar-refractivity contribution in [3.8, 4) is 6.01 Å². The van der Waals surface area contributed by atoms with Crippen LogP contribution in [0.5, 0.6) is 6.01 Å². The van der Waals surface area contributed by atoms with Crippen molar-refractivity contribution in [3.63, 3.8) is 0 Å². The number of aliphatic hydroxyl groups is 1. The van der Waals surface area contributed by atoms with E-state index >= 15 is 0 Å². The third-order valence-electron chi connectivity index (χ3n) is 3.13. The summed E-state index contributed by atoms with van der Waals surface area (Å²) in [5.74, 6) is 1.03. The van der Waals surface area contributed by atoms with Crippen LogP contribution in [0.2, 0.25) is 0 Å². The Kier molecular flexibility index (Phi) is 5.51. The summed E-state index contributed by atoms with van der Waals surface area (Å²) in [6.07, 6.45) is 0.749. The minimum absolute atomic E-state index is 0.00529. The zero-order valence-corrected chi connectivity index (χ0v) is 12.7. The number of nitrogens with one attached hydrogen (secondary N) is 1. The SMILES string of the molecule is CCCNc1nc(OC)nc(N2CC(C)OC(CO)C2)n1. The van der Waals surface area contributed by atoms with Crippen molar-refractivity contribution >= 4 is 11.9 Å². The fourth-order valence-corrected chi connectivity index (χ4v) is 2.20. The molecule has 1 aliphatic rings. The van der Waals surface area contributed by atoms with E-state index in [1.807, 2.05) is 11.8 Å². The van der Waals surface area contributed by atoms with Gasteiger partial charge in [0.1, 0.15) is 0 Å². The maximum absolute atomic E-state index is 9.30. The molecule has 1 aromatic heterocycles. The Hall–Kier alpha value is -1.67. The number of rotatable bonds is 6. The summed E-state index contributed by atoms with van der Waals surface area (Å²) in [6.45, 7) is 6.00. The van der Waals surface area contributed by atoms with Crippen LogP contribution in [0.4, 0.5) is 11.9 Å². The fraction of sp³-hybridized carbons (Fsp3) is 0.769. The van der Waals surface area contributed by atoms with Crippen molar-refractivity contribution in [3.05, 3.63) is 0 Å². The smallest absolute Gasteiger partial charge is 0.322 e. The first-order chi connectivity index (χ1) is 10.2. The van der Waals surface area contributed by atoms with Gasteiger partial charge in [-0.3, -0.25) is 0 Å². The zero-order chi connectivity index (χ0) is 15.2. The lowest BCUT2D eigenvalue weighted by atomic mass is 10.2. The summed E-state index contributed by atoms with van der Waals surface area (Å²) in [7, 11) is 1.53. The molecule has 0 radical (unpaired) electrons. The van der Waals surface area contributed by atoms with E-state index in [4.69, 9.17) is 9.47 Å². The average molecular weight is 297 g/mol. The number of ether oxygens (including phenoxy) is 2. The lowest BCUT2D eigenvalue weighted by Gasteiger charge is -2.36. The number of anilines is 2. The van der Waals surface area contributed by atoms with E-state index in [0.29, 0.717) is 25.0 Å². The molecule has 21 heavy (non-hydrogen) atoms. The van der Waals surface area contributed by atoms with Crippen LogP contribution in [0.3, 0.4) is 0 Å². The van der Waals surface area contributed by atoms with Gasteiger partial charge in [0.15, 0.2) is 0 Å². The highest BCUT2D eigenvalue weighted by atomic mass is 16.5. The Labute approximate surface area is 124 Å². The van der Waals surface area contributed by atoms with Crippen molar-refractivity contribution in [2.75, 3.05) is 43.6 Å². The van der Waals surface area contributed by atoms with E-state index in [1.54, 1.807) is 0 Å². The highest BCUT2D eigenvalue weighted by Crippen LogP contribution is 2.19. The molecule has 0 saturated carbocycles. The molecule has 8 nitrogen and oxygen atoms in total. The monoisotopic (exact) mass is 297 g/mol. The van der Waals surface area contributed by atoms with Gasteiger partial charge in [0, 0.05) is 19.6 Å². The van der Waals surface area contributed by atoms with Gasteiger partial charge in [-0.25, -0.2) is 0 Å². The van der Waals surface area contributed by atoms with Crippen LogP contribution in [0.25, 0.3) is 0 Å². The Morgan fingerprint density at radius 2 is 2.19 bits per heavy atom. The van der Waals surface area contributed by atoms with Gasteiger partial charge in [-0.1, -0.05) is 6.92 Å². The van der Waals surface area contributed by atoms with Gasteiger partial charge in [-0.15, -0.1) is 0 Å². The Morgan fingerprint density at radius 1 is 1.38 bits per heavy atom. The first-order valence-corrected chi connectivity index (χ1v) is 7.21. The number of methoxy groups -OCH3 is 1. The summed E-state index contributed by atoms with van der Waals surface area (Å²) < 4.78 is 10.8. The quantitative estimate of drug-likeness (QED) is 0.774. The topological polar surface area (TPSA) is 92.6 Å². The second kappa shape index (κ2) is 7.37. The second-order valence-electron chi connectivity index (χ2n) is 5.03. The highest BCUT2D eigenvalue weighted by Gasteiger charge is 2.27. The lowest BCUT2D eigenvalue weighted by molar-refractivity contribution is -0.0425. The Bertz CT molecular complexity index is 459. The van der Waals surface area contributed by atoms with Gasteiger partial charge in [0.05, 0.1) is 25.9 Å². The molecule has 2 heterocycles. The highest BCUT2D eigenvalue weighted by molar-refractivity contribution is 5.39. The van der Waals surface area contributed by atoms with Crippen LogP contribution in [0.15, 0.2) is 0 Å². The summed E-state index contributed by atoms with van der Waals surface area (Å²) in [6, 6.07) is 0.276. The maximum Gasteiger partial charge on any atom is 0.322 e. The van der Waals surface area contributed by atoms with E-state index in [1.165, 1.54) is 7.11 Å². The second-order valence-corrected chi connectivity index (χ2v) is 5.03. The van der Waals surface area contributed by atoms with Crippen LogP contribution >= 0.6 is 0 Å². The van der Waals surface area contributed by atoms with Crippen molar-refractivity contribution in [2.24, 2.45) is 0 Å². The van der Waals surface area contributed by atoms with Crippen molar-refractivity contribution < 1.29 is 14.6 Å². The molecule has 0 spiro atoms. The normalized spacial score (nSPS) is 22.2. The predicted octanol–water partition coefficient (Wildman–Crippen LogP) is 0.288. The van der Waals surface area contributed by atoms with E-state index in [2.05, 4.69) is 27.2 Å². The van der Waals surface area contributed by atoms with E-state index in [0.717, 1.165) is 13.0 Å². The third kappa shape index (κ3) is 4.15. The molecule has 1 fully saturated rings. The molecule has 1 saturated heterocycles. The van der Waals surface area contributed by atoms with Gasteiger partial charge in [-0.05, 0) is 13.3 Å². The molecule has 8 heteroatoms. The number of hydrogen-bond acceptors (Lipinski definition) is 8. The zero-order valence-electron chi connectivity index (χ0n) is 12.7. The first-order valence-electron chi connectivity index (χ1n) is 7.21. The molecular weight excluding hydrogens is 274 g/mol. The van der Waals surface area contributed by atoms with Gasteiger partial charge in [0.25, 0.3) is 0 Å². The van der Waals surface area contributed by atoms with Crippen LogP contribution in [0, 0.1) is 0 Å². The number of morpholine rings is 1. The summed E-state index contributed by atoms with van der Waals surface area (Å²) in [5, 5.41) is 12.4. The lowest BCUT2D eigenvalue weighted by Crippen LogP contribution is -2.48. The number of hydrogen-bond donors (Lipinski definition) is 2. The number of aliphatic hydroxyl groups excluding tert-OH is 1. The summed E-state index contributed by atoms with van der Waals surface area (Å²) in [4.78, 5) is 14.9. The molecule has 0 amide bonds. The minimum Gasteiger partial charge on any atom is -0.467 e. The molecule has 1 aliphatic heterocycles. The van der Waals surface area contributed by atoms with Gasteiger partial charge in [-0.2, -0.15) is 15.0 Å². The molecule has 2 atom stereocenters. The van der Waals surface area contributed by atoms with E-state index < -0.39 is 0 Å². The van der Waals surface area contributed by atoms with Gasteiger partial charge >= 0.3 is 6.01 Å². The van der Waals surface area contributed by atoms with Crippen LogP contribution < -0.4 is 15.0 Å². The number of aromatic nitrogens is 3. The van der Waals surface area contributed by atoms with E-state index in [-0.39, 0.29) is 24.8 Å². The maximum atomic E-state index is 9.30. The van der Waals surface area contributed by atoms with Crippen LogP contribution in [-0.2, 0) is 4.74 Å². The number of nitrogens with zero attached hydrogens (tertiary/aromatic N) is 4. The third-order valence-corrected chi connectivity index (χ3v) is 3.13. The van der Waals surface area contributed by atoms with Crippen LogP contribution in [-0.4, -0.2) is 65.6 Å². The molecular formula is C13H23N5O3. The largest absolute Gasteiger partial charge is 0.467 e. The molecule has 2 N–H and O–H groups in total. The van der Waals surface area contributed by atoms with Crippen molar-refractivity contribution in [1.29, 1.82) is 0 Å². The molecule has 0 aliphatic carbocycles. The molecule has 118 valence electrons. The van der Waals surface area contributed by atoms with Crippen LogP contribution in [0.1, 0.15) is 20.3 Å². The molecule has 2 unspecified atom stereocenters. The average Bonchev–Trinajstić information content (AvgIpc) is 2.51. The molecule has 0 aromatic carbocycles. The standard InChI is InChI=1S/C13H23N5O3/c1-4-5-14-11-15-12(17-13(16-11)20-3)18-6-9(2)21-10(7-18)8-19/h9-10,19H,4-8H2,1-3H3,(H,14,15,16,17). The summed E-state index contributed by atoms with van der Waals surface area (Å²) >= 11 is 0. The molecule has 2 rings (SSSR count). The van der Waals surface area contributed by atoms with Gasteiger partial charge in [0.2, 0.25) is 11.9 Å². The minimum atomic E-state index is -0.233.